The van der Waals surface area contributed by atoms with Gasteiger partial charge in [0.15, 0.2) is 0 Å². The molecule has 1 aromatic rings. The number of hydrogen-bond donors (Lipinski definition) is 0. The van der Waals surface area contributed by atoms with Gasteiger partial charge in [-0.25, -0.2) is 0 Å². The Labute approximate surface area is 174 Å². The Hall–Kier alpha value is -1.51. The van der Waals surface area contributed by atoms with Gasteiger partial charge in [0.05, 0.1) is 5.56 Å². The molecule has 2 aliphatic rings. The molecule has 0 spiro atoms. The van der Waals surface area contributed by atoms with Crippen LogP contribution < -0.4 is 0 Å². The van der Waals surface area contributed by atoms with Gasteiger partial charge in [0.25, 0.3) is 0 Å². The third-order valence-electron chi connectivity index (χ3n) is 6.89. The number of benzene rings is 1. The minimum atomic E-state index is -4.27. The molecular formula is C26H35F3. The predicted octanol–water partition coefficient (Wildman–Crippen LogP) is 8.83. The lowest BCUT2D eigenvalue weighted by atomic mass is 9.72. The summed E-state index contributed by atoms with van der Waals surface area (Å²) in [4.78, 5) is 0. The standard InChI is InChI=1S/C26H35F3/c1-2-3-4-5-6-7-20-8-10-21(11-9-20)22-12-14-23(15-13-22)24-16-18-25(19-17-24)26(27,28)29/h12,14-22H,2-11,13H2,1H3/t20-,21-,22?. The van der Waals surface area contributed by atoms with Crippen LogP contribution in [0.1, 0.15) is 88.7 Å². The van der Waals surface area contributed by atoms with E-state index in [1.54, 1.807) is 12.1 Å². The Morgan fingerprint density at radius 1 is 0.897 bits per heavy atom. The van der Waals surface area contributed by atoms with Gasteiger partial charge in [-0.2, -0.15) is 13.2 Å². The number of allylic oxidation sites excluding steroid dienone is 4. The number of rotatable bonds is 8. The summed E-state index contributed by atoms with van der Waals surface area (Å²) < 4.78 is 38.2. The van der Waals surface area contributed by atoms with Crippen molar-refractivity contribution in [2.24, 2.45) is 17.8 Å². The zero-order chi connectivity index (χ0) is 20.7. The number of hydrogen-bond acceptors (Lipinski definition) is 0. The first kappa shape index (κ1) is 22.2. The second-order valence-corrected chi connectivity index (χ2v) is 8.98. The second-order valence-electron chi connectivity index (χ2n) is 8.98. The van der Waals surface area contributed by atoms with E-state index in [1.807, 2.05) is 0 Å². The van der Waals surface area contributed by atoms with Gasteiger partial charge in [-0.3, -0.25) is 0 Å². The van der Waals surface area contributed by atoms with E-state index in [4.69, 9.17) is 0 Å². The predicted molar refractivity (Wildman–Crippen MR) is 115 cm³/mol. The lowest BCUT2D eigenvalue weighted by Crippen LogP contribution is -2.21. The first-order chi connectivity index (χ1) is 14.0. The highest BCUT2D eigenvalue weighted by Crippen LogP contribution is 2.40. The van der Waals surface area contributed by atoms with Crippen molar-refractivity contribution in [2.75, 3.05) is 0 Å². The van der Waals surface area contributed by atoms with Crippen LogP contribution in [-0.4, -0.2) is 0 Å². The second kappa shape index (κ2) is 10.5. The van der Waals surface area contributed by atoms with Crippen LogP contribution in [0.4, 0.5) is 13.2 Å². The molecule has 0 bridgehead atoms. The lowest BCUT2D eigenvalue weighted by Gasteiger charge is -2.33. The first-order valence-electron chi connectivity index (χ1n) is 11.5. The minimum Gasteiger partial charge on any atom is -0.166 e. The third-order valence-corrected chi connectivity index (χ3v) is 6.89. The molecule has 160 valence electrons. The molecular weight excluding hydrogens is 369 g/mol. The normalized spacial score (nSPS) is 25.1. The number of halogens is 3. The Balaban J connectivity index is 1.43. The van der Waals surface area contributed by atoms with Gasteiger partial charge in [0, 0.05) is 0 Å². The van der Waals surface area contributed by atoms with Gasteiger partial charge in [-0.05, 0) is 60.3 Å². The molecule has 2 aliphatic carbocycles. The molecule has 1 fully saturated rings. The highest BCUT2D eigenvalue weighted by Gasteiger charge is 2.30. The van der Waals surface area contributed by atoms with Crippen LogP contribution in [-0.2, 0) is 6.18 Å². The maximum absolute atomic E-state index is 12.7. The highest BCUT2D eigenvalue weighted by atomic mass is 19.4. The topological polar surface area (TPSA) is 0 Å². The molecule has 0 nitrogen and oxygen atoms in total. The van der Waals surface area contributed by atoms with E-state index in [-0.39, 0.29) is 0 Å². The third kappa shape index (κ3) is 6.49. The Morgan fingerprint density at radius 3 is 2.17 bits per heavy atom. The van der Waals surface area contributed by atoms with E-state index < -0.39 is 11.7 Å². The SMILES string of the molecule is CCCCCCC[C@H]1CC[C@H](C2C=CC(c3ccc(C(F)(F)F)cc3)=CC2)CC1. The van der Waals surface area contributed by atoms with E-state index >= 15 is 0 Å². The largest absolute Gasteiger partial charge is 0.416 e. The molecule has 1 unspecified atom stereocenters. The molecule has 3 rings (SSSR count). The maximum Gasteiger partial charge on any atom is 0.416 e. The van der Waals surface area contributed by atoms with Gasteiger partial charge in [-0.15, -0.1) is 0 Å². The van der Waals surface area contributed by atoms with Crippen molar-refractivity contribution in [3.63, 3.8) is 0 Å². The fraction of sp³-hybridized carbons (Fsp3) is 0.615. The van der Waals surface area contributed by atoms with Crippen molar-refractivity contribution < 1.29 is 13.2 Å². The zero-order valence-electron chi connectivity index (χ0n) is 17.7. The summed E-state index contributed by atoms with van der Waals surface area (Å²) in [7, 11) is 0. The zero-order valence-corrected chi connectivity index (χ0v) is 17.7. The van der Waals surface area contributed by atoms with Crippen LogP contribution >= 0.6 is 0 Å². The summed E-state index contributed by atoms with van der Waals surface area (Å²) in [6.07, 6.45) is 17.1. The summed E-state index contributed by atoms with van der Waals surface area (Å²) in [5.74, 6) is 2.30. The van der Waals surface area contributed by atoms with E-state index in [2.05, 4.69) is 25.2 Å². The smallest absolute Gasteiger partial charge is 0.166 e. The van der Waals surface area contributed by atoms with Crippen molar-refractivity contribution in [3.05, 3.63) is 53.6 Å². The van der Waals surface area contributed by atoms with Crippen LogP contribution in [0.25, 0.3) is 5.57 Å². The fourth-order valence-corrected chi connectivity index (χ4v) is 4.99. The molecule has 0 radical (unpaired) electrons. The maximum atomic E-state index is 12.7. The summed E-state index contributed by atoms with van der Waals surface area (Å²) in [5.41, 5.74) is 1.34. The van der Waals surface area contributed by atoms with Crippen LogP contribution in [0, 0.1) is 17.8 Å². The summed E-state index contributed by atoms with van der Waals surface area (Å²) in [5, 5.41) is 0. The Kier molecular flexibility index (Phi) is 8.03. The minimum absolute atomic E-state index is 0.582. The molecule has 0 N–H and O–H groups in total. The number of unbranched alkanes of at least 4 members (excludes halogenated alkanes) is 4. The van der Waals surface area contributed by atoms with Crippen LogP contribution in [0.2, 0.25) is 0 Å². The summed E-state index contributed by atoms with van der Waals surface area (Å²) in [6.45, 7) is 2.27. The number of alkyl halides is 3. The van der Waals surface area contributed by atoms with E-state index in [1.165, 1.54) is 76.3 Å². The van der Waals surface area contributed by atoms with Gasteiger partial charge in [-0.1, -0.05) is 88.7 Å². The molecule has 0 aromatic heterocycles. The Morgan fingerprint density at radius 2 is 1.59 bits per heavy atom. The van der Waals surface area contributed by atoms with Gasteiger partial charge >= 0.3 is 6.18 Å². The van der Waals surface area contributed by atoms with Crippen LogP contribution in [0.15, 0.2) is 42.5 Å². The van der Waals surface area contributed by atoms with Crippen molar-refractivity contribution in [1.82, 2.24) is 0 Å². The van der Waals surface area contributed by atoms with E-state index in [0.717, 1.165) is 29.4 Å². The molecule has 1 saturated carbocycles. The summed E-state index contributed by atoms with van der Waals surface area (Å²) in [6, 6.07) is 5.54. The molecule has 1 atom stereocenters. The summed E-state index contributed by atoms with van der Waals surface area (Å²) >= 11 is 0. The molecule has 29 heavy (non-hydrogen) atoms. The van der Waals surface area contributed by atoms with Gasteiger partial charge in [0.2, 0.25) is 0 Å². The molecule has 0 amide bonds. The average molecular weight is 405 g/mol. The van der Waals surface area contributed by atoms with E-state index in [9.17, 15) is 13.2 Å². The van der Waals surface area contributed by atoms with Crippen molar-refractivity contribution >= 4 is 5.57 Å². The quantitative estimate of drug-likeness (QED) is 0.380. The highest BCUT2D eigenvalue weighted by molar-refractivity contribution is 5.75. The Bertz CT molecular complexity index is 673. The molecule has 3 heteroatoms. The monoisotopic (exact) mass is 404 g/mol. The van der Waals surface area contributed by atoms with E-state index in [0.29, 0.717) is 5.92 Å². The molecule has 0 aliphatic heterocycles. The van der Waals surface area contributed by atoms with Crippen LogP contribution in [0.5, 0.6) is 0 Å². The van der Waals surface area contributed by atoms with Gasteiger partial charge in [0.1, 0.15) is 0 Å². The molecule has 1 aromatic carbocycles. The fourth-order valence-electron chi connectivity index (χ4n) is 4.99. The van der Waals surface area contributed by atoms with Crippen molar-refractivity contribution in [1.29, 1.82) is 0 Å². The molecule has 0 saturated heterocycles. The first-order valence-corrected chi connectivity index (χ1v) is 11.5. The molecule has 0 heterocycles. The van der Waals surface area contributed by atoms with Crippen LogP contribution in [0.3, 0.4) is 0 Å². The van der Waals surface area contributed by atoms with Crippen molar-refractivity contribution in [3.8, 4) is 0 Å². The average Bonchev–Trinajstić information content (AvgIpc) is 2.74. The lowest BCUT2D eigenvalue weighted by molar-refractivity contribution is -0.137. The van der Waals surface area contributed by atoms with Gasteiger partial charge < -0.3 is 0 Å². The van der Waals surface area contributed by atoms with Crippen molar-refractivity contribution in [2.45, 2.75) is 83.7 Å².